The molecule has 3 rings (SSSR count). The number of aliphatic hydroxyl groups excluding tert-OH is 1. The van der Waals surface area contributed by atoms with Gasteiger partial charge >= 0.3 is 6.03 Å². The van der Waals surface area contributed by atoms with Gasteiger partial charge in [-0.3, -0.25) is 5.32 Å². The van der Waals surface area contributed by atoms with Gasteiger partial charge in [0.15, 0.2) is 5.13 Å². The van der Waals surface area contributed by atoms with Crippen LogP contribution < -0.4 is 5.32 Å². The zero-order valence-corrected chi connectivity index (χ0v) is 14.4. The molecule has 1 saturated heterocycles. The topological polar surface area (TPSA) is 65.5 Å². The normalized spacial score (nSPS) is 29.3. The molecule has 0 radical (unpaired) electrons. The molecule has 1 fully saturated rings. The van der Waals surface area contributed by atoms with Crippen molar-refractivity contribution in [2.24, 2.45) is 5.92 Å². The first-order chi connectivity index (χ1) is 10.4. The summed E-state index contributed by atoms with van der Waals surface area (Å²) < 4.78 is 0. The van der Waals surface area contributed by atoms with Crippen LogP contribution in [0.4, 0.5) is 9.93 Å². The second-order valence-electron chi connectivity index (χ2n) is 6.96. The standard InChI is InChI=1S/C16H25N3O2S/c1-10-5-6-12-13(9-10)22-14(17-12)18-15(21)19-8-4-7-16(19,3)11(2)20/h10-11,20H,4-9H2,1-3H3,(H,17,18,21)/t10?,11?,16-/m0/s1. The molecule has 22 heavy (non-hydrogen) atoms. The molecule has 0 saturated carbocycles. The van der Waals surface area contributed by atoms with Gasteiger partial charge in [0, 0.05) is 11.4 Å². The van der Waals surface area contributed by atoms with E-state index in [9.17, 15) is 9.90 Å². The Hall–Kier alpha value is -1.14. The third kappa shape index (κ3) is 2.74. The van der Waals surface area contributed by atoms with Crippen LogP contribution in [0.5, 0.6) is 0 Å². The van der Waals surface area contributed by atoms with E-state index in [1.807, 2.05) is 6.92 Å². The number of carbonyl (C=O) groups is 1. The van der Waals surface area contributed by atoms with E-state index < -0.39 is 11.6 Å². The minimum atomic E-state index is -0.536. The number of rotatable bonds is 2. The number of aliphatic hydroxyl groups is 1. The highest BCUT2D eigenvalue weighted by molar-refractivity contribution is 7.15. The Balaban J connectivity index is 1.72. The number of thiazole rings is 1. The lowest BCUT2D eigenvalue weighted by Gasteiger charge is -2.37. The van der Waals surface area contributed by atoms with Crippen LogP contribution in [0.1, 0.15) is 50.6 Å². The van der Waals surface area contributed by atoms with E-state index >= 15 is 0 Å². The van der Waals surface area contributed by atoms with E-state index in [1.165, 1.54) is 11.3 Å². The van der Waals surface area contributed by atoms with Crippen molar-refractivity contribution in [3.63, 3.8) is 0 Å². The summed E-state index contributed by atoms with van der Waals surface area (Å²) in [4.78, 5) is 20.2. The van der Waals surface area contributed by atoms with Crippen LogP contribution in [-0.2, 0) is 12.8 Å². The van der Waals surface area contributed by atoms with E-state index in [0.717, 1.165) is 31.4 Å². The summed E-state index contributed by atoms with van der Waals surface area (Å²) in [5.74, 6) is 0.702. The summed E-state index contributed by atoms with van der Waals surface area (Å²) in [5.41, 5.74) is 0.674. The molecule has 6 heteroatoms. The van der Waals surface area contributed by atoms with E-state index in [1.54, 1.807) is 23.2 Å². The highest BCUT2D eigenvalue weighted by atomic mass is 32.1. The number of likely N-dealkylation sites (tertiary alicyclic amines) is 1. The van der Waals surface area contributed by atoms with E-state index in [0.29, 0.717) is 17.6 Å². The zero-order chi connectivity index (χ0) is 15.9. The highest BCUT2D eigenvalue weighted by Crippen LogP contribution is 2.35. The summed E-state index contributed by atoms with van der Waals surface area (Å²) in [6.07, 6.45) is 4.49. The first-order valence-corrected chi connectivity index (χ1v) is 8.97. The van der Waals surface area contributed by atoms with Crippen LogP contribution in [0.15, 0.2) is 0 Å². The second kappa shape index (κ2) is 5.81. The minimum absolute atomic E-state index is 0.139. The number of fused-ring (bicyclic) bond motifs is 1. The van der Waals surface area contributed by atoms with E-state index in [2.05, 4.69) is 17.2 Å². The van der Waals surface area contributed by atoms with Crippen molar-refractivity contribution in [2.75, 3.05) is 11.9 Å². The number of aromatic nitrogens is 1. The second-order valence-corrected chi connectivity index (χ2v) is 8.04. The van der Waals surface area contributed by atoms with Gasteiger partial charge in [0.05, 0.1) is 17.3 Å². The van der Waals surface area contributed by atoms with Gasteiger partial charge in [0.25, 0.3) is 0 Å². The first kappa shape index (κ1) is 15.7. The van der Waals surface area contributed by atoms with Gasteiger partial charge in [-0.1, -0.05) is 6.92 Å². The van der Waals surface area contributed by atoms with Gasteiger partial charge in [-0.15, -0.1) is 11.3 Å². The average Bonchev–Trinajstić information content (AvgIpc) is 3.02. The maximum Gasteiger partial charge on any atom is 0.324 e. The van der Waals surface area contributed by atoms with Crippen molar-refractivity contribution in [3.8, 4) is 0 Å². The van der Waals surface area contributed by atoms with Gasteiger partial charge in [0.2, 0.25) is 0 Å². The lowest BCUT2D eigenvalue weighted by molar-refractivity contribution is 0.0384. The van der Waals surface area contributed by atoms with Crippen molar-refractivity contribution in [3.05, 3.63) is 10.6 Å². The molecule has 0 spiro atoms. The molecule has 2 unspecified atom stereocenters. The maximum absolute atomic E-state index is 12.6. The van der Waals surface area contributed by atoms with Crippen LogP contribution in [0.2, 0.25) is 0 Å². The Morgan fingerprint density at radius 3 is 3.09 bits per heavy atom. The molecule has 2 amide bonds. The summed E-state index contributed by atoms with van der Waals surface area (Å²) in [7, 11) is 0. The molecule has 2 aliphatic rings. The average molecular weight is 323 g/mol. The van der Waals surface area contributed by atoms with Crippen molar-refractivity contribution >= 4 is 22.5 Å². The molecular formula is C16H25N3O2S. The number of aryl methyl sites for hydroxylation is 1. The van der Waals surface area contributed by atoms with Crippen LogP contribution in [0, 0.1) is 5.92 Å². The Morgan fingerprint density at radius 2 is 2.36 bits per heavy atom. The Morgan fingerprint density at radius 1 is 1.59 bits per heavy atom. The van der Waals surface area contributed by atoms with E-state index in [4.69, 9.17) is 0 Å². The van der Waals surface area contributed by atoms with Crippen molar-refractivity contribution in [2.45, 2.75) is 64.5 Å². The first-order valence-electron chi connectivity index (χ1n) is 8.15. The molecular weight excluding hydrogens is 298 g/mol. The summed E-state index contributed by atoms with van der Waals surface area (Å²) in [6, 6.07) is -0.139. The predicted octanol–water partition coefficient (Wildman–Crippen LogP) is 3.04. The number of anilines is 1. The Kier molecular flexibility index (Phi) is 4.16. The third-order valence-electron chi connectivity index (χ3n) is 5.23. The number of carbonyl (C=O) groups excluding carboxylic acids is 1. The SMILES string of the molecule is CC1CCc2nc(NC(=O)N3CCC[C@@]3(C)C(C)O)sc2C1. The summed E-state index contributed by atoms with van der Waals surface area (Å²) in [5, 5.41) is 13.7. The molecule has 1 aliphatic heterocycles. The molecule has 0 aromatic carbocycles. The number of hydrogen-bond acceptors (Lipinski definition) is 4. The third-order valence-corrected chi connectivity index (χ3v) is 6.26. The monoisotopic (exact) mass is 323 g/mol. The van der Waals surface area contributed by atoms with Gasteiger partial charge in [-0.25, -0.2) is 9.78 Å². The van der Waals surface area contributed by atoms with Gasteiger partial charge in [-0.2, -0.15) is 0 Å². The molecule has 1 aromatic heterocycles. The van der Waals surface area contributed by atoms with Crippen LogP contribution >= 0.6 is 11.3 Å². The lowest BCUT2D eigenvalue weighted by Crippen LogP contribution is -2.53. The van der Waals surface area contributed by atoms with E-state index in [-0.39, 0.29) is 6.03 Å². The molecule has 2 heterocycles. The van der Waals surface area contributed by atoms with Gasteiger partial charge < -0.3 is 10.0 Å². The van der Waals surface area contributed by atoms with Crippen molar-refractivity contribution in [1.29, 1.82) is 0 Å². The lowest BCUT2D eigenvalue weighted by atomic mass is 9.93. The smallest absolute Gasteiger partial charge is 0.324 e. The van der Waals surface area contributed by atoms with Crippen LogP contribution in [-0.4, -0.2) is 39.2 Å². The number of nitrogens with zero attached hydrogens (tertiary/aromatic N) is 2. The predicted molar refractivity (Wildman–Crippen MR) is 88.3 cm³/mol. The molecule has 1 aromatic rings. The fraction of sp³-hybridized carbons (Fsp3) is 0.750. The summed E-state index contributed by atoms with van der Waals surface area (Å²) >= 11 is 1.60. The van der Waals surface area contributed by atoms with Crippen LogP contribution in [0.3, 0.4) is 0 Å². The molecule has 122 valence electrons. The Bertz CT molecular complexity index is 572. The number of urea groups is 1. The largest absolute Gasteiger partial charge is 0.391 e. The van der Waals surface area contributed by atoms with Crippen LogP contribution in [0.25, 0.3) is 0 Å². The minimum Gasteiger partial charge on any atom is -0.391 e. The highest BCUT2D eigenvalue weighted by Gasteiger charge is 2.43. The number of hydrogen-bond donors (Lipinski definition) is 2. The van der Waals surface area contributed by atoms with Crippen molar-refractivity contribution < 1.29 is 9.90 Å². The van der Waals surface area contributed by atoms with Crippen molar-refractivity contribution in [1.82, 2.24) is 9.88 Å². The number of amides is 2. The van der Waals surface area contributed by atoms with Gasteiger partial charge in [-0.05, 0) is 51.9 Å². The number of nitrogens with one attached hydrogen (secondary N) is 1. The molecule has 2 N–H and O–H groups in total. The molecule has 5 nitrogen and oxygen atoms in total. The fourth-order valence-electron chi connectivity index (χ4n) is 3.51. The molecule has 3 atom stereocenters. The molecule has 0 bridgehead atoms. The zero-order valence-electron chi connectivity index (χ0n) is 13.6. The maximum atomic E-state index is 12.6. The van der Waals surface area contributed by atoms with Gasteiger partial charge in [0.1, 0.15) is 0 Å². The Labute approximate surface area is 135 Å². The quantitative estimate of drug-likeness (QED) is 0.879. The fourth-order valence-corrected chi connectivity index (χ4v) is 4.67. The molecule has 1 aliphatic carbocycles. The summed E-state index contributed by atoms with van der Waals surface area (Å²) in [6.45, 7) is 6.67.